The molecule has 0 atom stereocenters. The lowest BCUT2D eigenvalue weighted by molar-refractivity contribution is 1.72. The highest BCUT2D eigenvalue weighted by Gasteiger charge is 1.71. The third-order valence-corrected chi connectivity index (χ3v) is 0.944. The van der Waals surface area contributed by atoms with E-state index in [0.29, 0.717) is 0 Å². The highest BCUT2D eigenvalue weighted by molar-refractivity contribution is 9.11. The van der Waals surface area contributed by atoms with Gasteiger partial charge in [0.05, 0.1) is 0 Å². The van der Waals surface area contributed by atoms with Gasteiger partial charge in [0.2, 0.25) is 0 Å². The van der Waals surface area contributed by atoms with Crippen molar-refractivity contribution in [3.8, 4) is 0 Å². The van der Waals surface area contributed by atoms with E-state index in [2.05, 4.69) is 30.4 Å². The summed E-state index contributed by atoms with van der Waals surface area (Å²) in [5.74, 6) is 0. The molecule has 0 radical (unpaired) electrons. The van der Waals surface area contributed by atoms with Crippen LogP contribution in [0.5, 0.6) is 0 Å². The minimum absolute atomic E-state index is 1.03. The molecule has 0 amide bonds. The van der Waals surface area contributed by atoms with Crippen molar-refractivity contribution in [2.75, 3.05) is 0 Å². The second kappa shape index (κ2) is 2.52. The lowest BCUT2D eigenvalue weighted by Gasteiger charge is -1.76. The van der Waals surface area contributed by atoms with Crippen LogP contribution < -0.4 is 0 Å². The first-order chi connectivity index (χ1) is 2.27. The van der Waals surface area contributed by atoms with Crippen LogP contribution in [0.15, 0.2) is 11.1 Å². The minimum atomic E-state index is 1.03. The smallest absolute Gasteiger partial charge is 0.0896 e. The zero-order chi connectivity index (χ0) is 4.28. The zero-order valence-corrected chi connectivity index (χ0v) is 4.88. The van der Waals surface area contributed by atoms with Gasteiger partial charge in [-0.25, -0.2) is 0 Å². The van der Waals surface area contributed by atoms with Gasteiger partial charge in [0.25, 0.3) is 0 Å². The second-order valence-electron chi connectivity index (χ2n) is 0.871. The van der Waals surface area contributed by atoms with Gasteiger partial charge in [-0.3, -0.25) is 0 Å². The summed E-state index contributed by atoms with van der Waals surface area (Å²) in [5.41, 5.74) is 0. The Balaban J connectivity index is 2.85. The van der Waals surface area contributed by atoms with Crippen molar-refractivity contribution >= 4 is 23.8 Å². The van der Waals surface area contributed by atoms with Gasteiger partial charge in [-0.1, -0.05) is 28.8 Å². The molecule has 0 rings (SSSR count). The van der Waals surface area contributed by atoms with Gasteiger partial charge in [-0.2, -0.15) is 0 Å². The molecule has 0 saturated heterocycles. The number of rotatable bonds is 1. The fraction of sp³-hybridized carbons (Fsp3) is 0.333. The summed E-state index contributed by atoms with van der Waals surface area (Å²) in [6.45, 7) is 3.59. The van der Waals surface area contributed by atoms with Crippen molar-refractivity contribution in [3.05, 3.63) is 11.1 Å². The number of halogens is 1. The van der Waals surface area contributed by atoms with Crippen LogP contribution in [0.3, 0.4) is 0 Å². The standard InChI is InChI=1S/C3H6BBr/c1-3(5)2-4/h1-2,4H2. The lowest BCUT2D eigenvalue weighted by Crippen LogP contribution is -1.58. The summed E-state index contributed by atoms with van der Waals surface area (Å²) in [4.78, 5) is 0. The summed E-state index contributed by atoms with van der Waals surface area (Å²) >= 11 is 3.18. The zero-order valence-electron chi connectivity index (χ0n) is 3.29. The molecule has 5 heavy (non-hydrogen) atoms. The predicted octanol–water partition coefficient (Wildman–Crippen LogP) is 0.946. The summed E-state index contributed by atoms with van der Waals surface area (Å²) in [5, 5.41) is 0. The first kappa shape index (κ1) is 5.28. The maximum Gasteiger partial charge on any atom is 0.107 e. The molecule has 0 aromatic carbocycles. The molecule has 28 valence electrons. The fourth-order valence-electron chi connectivity index (χ4n) is 0. The summed E-state index contributed by atoms with van der Waals surface area (Å²) in [6.07, 6.45) is 1.03. The van der Waals surface area contributed by atoms with Gasteiger partial charge in [0.15, 0.2) is 0 Å². The van der Waals surface area contributed by atoms with Gasteiger partial charge < -0.3 is 0 Å². The van der Waals surface area contributed by atoms with E-state index in [-0.39, 0.29) is 0 Å². The van der Waals surface area contributed by atoms with E-state index in [0.717, 1.165) is 10.8 Å². The quantitative estimate of drug-likeness (QED) is 0.467. The van der Waals surface area contributed by atoms with Crippen molar-refractivity contribution in [1.29, 1.82) is 0 Å². The van der Waals surface area contributed by atoms with Gasteiger partial charge in [0.1, 0.15) is 7.85 Å². The highest BCUT2D eigenvalue weighted by Crippen LogP contribution is 2.01. The molecule has 0 N–H and O–H groups in total. The average molecular weight is 133 g/mol. The van der Waals surface area contributed by atoms with E-state index >= 15 is 0 Å². The Morgan fingerprint density at radius 3 is 2.20 bits per heavy atom. The largest absolute Gasteiger partial charge is 0.107 e. The molecule has 0 aliphatic rings. The minimum Gasteiger partial charge on any atom is -0.0896 e. The van der Waals surface area contributed by atoms with E-state index in [9.17, 15) is 0 Å². The van der Waals surface area contributed by atoms with Crippen molar-refractivity contribution in [2.45, 2.75) is 6.32 Å². The third kappa shape index (κ3) is 4.28. The Morgan fingerprint density at radius 2 is 2.20 bits per heavy atom. The molecular weight excluding hydrogens is 127 g/mol. The Bertz CT molecular complexity index is 42.2. The van der Waals surface area contributed by atoms with E-state index < -0.39 is 0 Å². The van der Waals surface area contributed by atoms with Gasteiger partial charge in [-0.15, -0.1) is 0 Å². The van der Waals surface area contributed by atoms with Crippen LogP contribution in [0.4, 0.5) is 0 Å². The average Bonchev–Trinajstić information content (AvgIpc) is 1.38. The molecule has 0 aromatic rings. The Morgan fingerprint density at radius 1 is 2.00 bits per heavy atom. The molecule has 0 saturated carbocycles. The molecule has 0 nitrogen and oxygen atoms in total. The molecule has 0 spiro atoms. The van der Waals surface area contributed by atoms with Crippen molar-refractivity contribution in [3.63, 3.8) is 0 Å². The van der Waals surface area contributed by atoms with Crippen molar-refractivity contribution in [1.82, 2.24) is 0 Å². The van der Waals surface area contributed by atoms with Gasteiger partial charge in [-0.05, 0) is 4.48 Å². The SMILES string of the molecule is BCC(=C)Br. The van der Waals surface area contributed by atoms with E-state index in [1.54, 1.807) is 0 Å². The second-order valence-corrected chi connectivity index (χ2v) is 1.99. The van der Waals surface area contributed by atoms with Crippen LogP contribution >= 0.6 is 15.9 Å². The summed E-state index contributed by atoms with van der Waals surface area (Å²) in [7, 11) is 2.05. The maximum absolute atomic E-state index is 3.59. The summed E-state index contributed by atoms with van der Waals surface area (Å²) in [6, 6.07) is 0. The third-order valence-electron chi connectivity index (χ3n) is 0.384. The molecule has 0 aliphatic carbocycles. The van der Waals surface area contributed by atoms with Crippen molar-refractivity contribution in [2.24, 2.45) is 0 Å². The van der Waals surface area contributed by atoms with Crippen LogP contribution in [0.25, 0.3) is 0 Å². The van der Waals surface area contributed by atoms with Crippen molar-refractivity contribution < 1.29 is 0 Å². The highest BCUT2D eigenvalue weighted by atomic mass is 79.9. The topological polar surface area (TPSA) is 0 Å². The number of hydrogen-bond donors (Lipinski definition) is 0. The fourth-order valence-corrected chi connectivity index (χ4v) is 0. The molecular formula is C3H6BBr. The molecule has 2 heteroatoms. The Kier molecular flexibility index (Phi) is 2.66. The van der Waals surface area contributed by atoms with Crippen LogP contribution in [0.2, 0.25) is 6.32 Å². The lowest BCUT2D eigenvalue weighted by atomic mass is 10.1. The normalized spacial score (nSPS) is 7.40. The van der Waals surface area contributed by atoms with Crippen LogP contribution in [0.1, 0.15) is 0 Å². The molecule has 0 bridgehead atoms. The summed E-state index contributed by atoms with van der Waals surface area (Å²) < 4.78 is 1.07. The molecule has 0 aromatic heterocycles. The predicted molar refractivity (Wildman–Crippen MR) is 31.4 cm³/mol. The van der Waals surface area contributed by atoms with E-state index in [4.69, 9.17) is 0 Å². The van der Waals surface area contributed by atoms with Crippen LogP contribution in [0, 0.1) is 0 Å². The maximum atomic E-state index is 3.59. The van der Waals surface area contributed by atoms with Crippen LogP contribution in [-0.4, -0.2) is 7.85 Å². The molecule has 0 aliphatic heterocycles. The Hall–Kier alpha value is 0.285. The molecule has 0 heterocycles. The molecule has 0 unspecified atom stereocenters. The first-order valence-electron chi connectivity index (χ1n) is 1.60. The molecule has 0 fully saturated rings. The van der Waals surface area contributed by atoms with Crippen LogP contribution in [-0.2, 0) is 0 Å². The Labute approximate surface area is 41.8 Å². The van der Waals surface area contributed by atoms with Gasteiger partial charge in [0, 0.05) is 0 Å². The van der Waals surface area contributed by atoms with E-state index in [1.165, 1.54) is 0 Å². The number of allylic oxidation sites excluding steroid dienone is 1. The monoisotopic (exact) mass is 132 g/mol. The first-order valence-corrected chi connectivity index (χ1v) is 2.40. The van der Waals surface area contributed by atoms with Gasteiger partial charge >= 0.3 is 0 Å². The van der Waals surface area contributed by atoms with E-state index in [1.807, 2.05) is 0 Å². The number of hydrogen-bond acceptors (Lipinski definition) is 0.